The predicted octanol–water partition coefficient (Wildman–Crippen LogP) is 12.7. The van der Waals surface area contributed by atoms with Crippen LogP contribution >= 0.6 is 0 Å². The lowest BCUT2D eigenvalue weighted by molar-refractivity contribution is -0.273. The fraction of sp³-hybridized carbons (Fsp3) is 1.00. The van der Waals surface area contributed by atoms with Gasteiger partial charge in [0.1, 0.15) is 0 Å². The van der Waals surface area contributed by atoms with Crippen molar-refractivity contribution in [3.05, 3.63) is 0 Å². The summed E-state index contributed by atoms with van der Waals surface area (Å²) in [6.45, 7) is 55.9. The zero-order valence-electron chi connectivity index (χ0n) is 61.6. The Hall–Kier alpha value is -0.640. The van der Waals surface area contributed by atoms with Crippen LogP contribution in [0.4, 0.5) is 0 Å². The minimum absolute atomic E-state index is 0.0176. The molecule has 7 rings (SSSR count). The summed E-state index contributed by atoms with van der Waals surface area (Å²) in [4.78, 5) is 0. The van der Waals surface area contributed by atoms with Crippen molar-refractivity contribution in [1.29, 1.82) is 0 Å². The van der Waals surface area contributed by atoms with Crippen molar-refractivity contribution in [2.75, 3.05) is 114 Å². The van der Waals surface area contributed by atoms with Crippen LogP contribution < -0.4 is 0 Å². The van der Waals surface area contributed by atoms with Crippen molar-refractivity contribution in [3.63, 3.8) is 0 Å². The number of rotatable bonds is 28. The molecule has 0 saturated carbocycles. The smallest absolute Gasteiger partial charge is 0.160 e. The van der Waals surface area contributed by atoms with Gasteiger partial charge in [0.25, 0.3) is 0 Å². The first-order chi connectivity index (χ1) is 42.8. The molecule has 90 heavy (non-hydrogen) atoms. The third kappa shape index (κ3) is 19.6. The molecule has 0 amide bonds. The van der Waals surface area contributed by atoms with Gasteiger partial charge in [-0.2, -0.15) is 0 Å². The number of methoxy groups -OCH3 is 4. The van der Waals surface area contributed by atoms with Gasteiger partial charge in [-0.25, -0.2) is 0 Å². The van der Waals surface area contributed by atoms with Gasteiger partial charge in [-0.1, -0.05) is 104 Å². The van der Waals surface area contributed by atoms with Gasteiger partial charge < -0.3 is 75.8 Å². The maximum atomic E-state index is 7.07. The molecule has 16 nitrogen and oxygen atoms in total. The van der Waals surface area contributed by atoms with E-state index in [1.54, 1.807) is 28.4 Å². The van der Waals surface area contributed by atoms with Crippen LogP contribution in [0.1, 0.15) is 152 Å². The van der Waals surface area contributed by atoms with Crippen molar-refractivity contribution in [3.8, 4) is 0 Å². The van der Waals surface area contributed by atoms with Crippen LogP contribution in [0.25, 0.3) is 0 Å². The molecule has 7 heterocycles. The van der Waals surface area contributed by atoms with Gasteiger partial charge in [-0.15, -0.1) is 0 Å². The van der Waals surface area contributed by atoms with Crippen LogP contribution in [-0.2, 0) is 75.8 Å². The van der Waals surface area contributed by atoms with Crippen molar-refractivity contribution in [2.24, 2.45) is 124 Å². The standard InChI is InChI=1S/C52H96O11.C22H42O5/c1-18-47-33(7)28(2)44(40(14)59-47)21-56-26-50-36(10)31(5)46(23-57-25-49-35(9)30(4)43(20-54-17)39(13)61-49)51(63-50)27-58-52-37(11)32(6)45(41(15)62-52)22-55-24-48-34(8)29(3)42(19-53-16)38(12)60-48;1-13-16(4)22(27-17(5)19(13)9-23-7)12-25-10-20-14(2)15(3)21(11-24-8)26-18(20)6/h28-52H,18-27H2,1-17H3;13-22H,9-12H2,1-8H3. The summed E-state index contributed by atoms with van der Waals surface area (Å²) in [5.41, 5.74) is 0. The molecular weight excluding hydrogens is 1140 g/mol. The van der Waals surface area contributed by atoms with E-state index in [1.807, 2.05) is 0 Å². The lowest BCUT2D eigenvalue weighted by Gasteiger charge is -2.47. The second-order valence-electron chi connectivity index (χ2n) is 30.7. The second kappa shape index (κ2) is 37.4. The highest BCUT2D eigenvalue weighted by molar-refractivity contribution is 4.94. The van der Waals surface area contributed by atoms with E-state index >= 15 is 0 Å². The highest BCUT2D eigenvalue weighted by atomic mass is 16.7. The quantitative estimate of drug-likeness (QED) is 0.0731. The Kier molecular flexibility index (Phi) is 32.5. The fourth-order valence-electron chi connectivity index (χ4n) is 17.3. The van der Waals surface area contributed by atoms with Crippen molar-refractivity contribution in [2.45, 2.75) is 237 Å². The van der Waals surface area contributed by atoms with Gasteiger partial charge in [0.05, 0.1) is 165 Å². The van der Waals surface area contributed by atoms with E-state index in [-0.39, 0.29) is 103 Å². The molecule has 7 fully saturated rings. The summed E-state index contributed by atoms with van der Waals surface area (Å²) >= 11 is 0. The summed E-state index contributed by atoms with van der Waals surface area (Å²) < 4.78 is 100. The first-order valence-corrected chi connectivity index (χ1v) is 36.2. The molecule has 35 unspecified atom stereocenters. The molecule has 0 bridgehead atoms. The second-order valence-corrected chi connectivity index (χ2v) is 30.7. The number of ether oxygens (including phenoxy) is 16. The van der Waals surface area contributed by atoms with Crippen molar-refractivity contribution in [1.82, 2.24) is 0 Å². The molecule has 0 N–H and O–H groups in total. The number of hydrogen-bond acceptors (Lipinski definition) is 16. The first kappa shape index (κ1) is 78.4. The Balaban J connectivity index is 0.000000397. The fourth-order valence-corrected chi connectivity index (χ4v) is 17.3. The van der Waals surface area contributed by atoms with E-state index in [0.717, 1.165) is 26.2 Å². The van der Waals surface area contributed by atoms with Gasteiger partial charge >= 0.3 is 0 Å². The molecule has 0 aromatic heterocycles. The normalized spacial score (nSPS) is 47.8. The van der Waals surface area contributed by atoms with Crippen LogP contribution in [0.3, 0.4) is 0 Å². The van der Waals surface area contributed by atoms with Crippen LogP contribution in [0, 0.1) is 124 Å². The molecule has 0 aliphatic carbocycles. The van der Waals surface area contributed by atoms with Gasteiger partial charge in [-0.3, -0.25) is 0 Å². The lowest BCUT2D eigenvalue weighted by Crippen LogP contribution is -2.53. The Bertz CT molecular complexity index is 1970. The molecule has 7 aliphatic rings. The molecule has 35 atom stereocenters. The Morgan fingerprint density at radius 3 is 0.778 bits per heavy atom. The Morgan fingerprint density at radius 2 is 0.456 bits per heavy atom. The molecule has 16 heteroatoms. The van der Waals surface area contributed by atoms with Crippen LogP contribution in [0.5, 0.6) is 0 Å². The molecule has 0 aromatic carbocycles. The zero-order chi connectivity index (χ0) is 66.4. The summed E-state index contributed by atoms with van der Waals surface area (Å²) in [6, 6.07) is 0. The first-order valence-electron chi connectivity index (χ1n) is 36.2. The molecule has 0 aromatic rings. The Morgan fingerprint density at radius 1 is 0.211 bits per heavy atom. The van der Waals surface area contributed by atoms with Crippen LogP contribution in [0.2, 0.25) is 0 Å². The van der Waals surface area contributed by atoms with E-state index < -0.39 is 0 Å². The average Bonchev–Trinajstić information content (AvgIpc) is 1.10. The lowest BCUT2D eigenvalue weighted by atomic mass is 9.75. The van der Waals surface area contributed by atoms with Gasteiger partial charge in [0.15, 0.2) is 6.29 Å². The summed E-state index contributed by atoms with van der Waals surface area (Å²) in [6.07, 6.45) is 2.04. The third-order valence-corrected chi connectivity index (χ3v) is 25.8. The highest BCUT2D eigenvalue weighted by Gasteiger charge is 2.48. The van der Waals surface area contributed by atoms with Crippen molar-refractivity contribution < 1.29 is 75.8 Å². The van der Waals surface area contributed by atoms with Gasteiger partial charge in [0.2, 0.25) is 0 Å². The van der Waals surface area contributed by atoms with E-state index in [2.05, 4.69) is 145 Å². The van der Waals surface area contributed by atoms with E-state index in [4.69, 9.17) is 75.8 Å². The van der Waals surface area contributed by atoms with Crippen LogP contribution in [0.15, 0.2) is 0 Å². The predicted molar refractivity (Wildman–Crippen MR) is 354 cm³/mol. The maximum Gasteiger partial charge on any atom is 0.160 e. The van der Waals surface area contributed by atoms with E-state index in [0.29, 0.717) is 173 Å². The summed E-state index contributed by atoms with van der Waals surface area (Å²) in [5.74, 6) is 8.31. The molecular formula is C74H138O16. The highest BCUT2D eigenvalue weighted by Crippen LogP contribution is 2.44. The minimum atomic E-state index is -0.343. The largest absolute Gasteiger partial charge is 0.384 e. The monoisotopic (exact) mass is 1280 g/mol. The minimum Gasteiger partial charge on any atom is -0.384 e. The Labute approximate surface area is 549 Å². The van der Waals surface area contributed by atoms with Gasteiger partial charge in [-0.05, 0) is 125 Å². The van der Waals surface area contributed by atoms with E-state index in [1.165, 1.54) is 0 Å². The van der Waals surface area contributed by atoms with E-state index in [9.17, 15) is 0 Å². The maximum absolute atomic E-state index is 7.07. The molecule has 7 aliphatic heterocycles. The van der Waals surface area contributed by atoms with Crippen molar-refractivity contribution >= 4 is 0 Å². The third-order valence-electron chi connectivity index (χ3n) is 25.8. The molecule has 0 radical (unpaired) electrons. The SMILES string of the molecule is CCC1OC(C)C(COCC2OC(COC3OC(C)C(COCC4OC(C)C(COC)C(C)C4C)C(C)C3C)C(COCC3OC(C)C(COC)C(C)C3C)C(C)C2C)C(C)C1C.COCC1OC(C)C(COCC2OC(C)C(COC)C(C)C2C)C(C)C1C. The molecule has 0 spiro atoms. The molecule has 530 valence electrons. The summed E-state index contributed by atoms with van der Waals surface area (Å²) in [5, 5.41) is 0. The number of hydrogen-bond donors (Lipinski definition) is 0. The van der Waals surface area contributed by atoms with Crippen LogP contribution in [-0.4, -0.2) is 200 Å². The average molecular weight is 1280 g/mol. The summed E-state index contributed by atoms with van der Waals surface area (Å²) in [7, 11) is 7.07. The molecule has 7 saturated heterocycles. The van der Waals surface area contributed by atoms with Gasteiger partial charge in [0, 0.05) is 75.8 Å². The topological polar surface area (TPSA) is 148 Å². The zero-order valence-corrected chi connectivity index (χ0v) is 61.6.